The summed E-state index contributed by atoms with van der Waals surface area (Å²) in [6.45, 7) is 1.53. The van der Waals surface area contributed by atoms with Gasteiger partial charge in [0.1, 0.15) is 0 Å². The number of thiazole rings is 1. The van der Waals surface area contributed by atoms with Crippen LogP contribution >= 0.6 is 11.3 Å². The third-order valence-electron chi connectivity index (χ3n) is 4.35. The summed E-state index contributed by atoms with van der Waals surface area (Å²) >= 11 is 1.02. The zero-order chi connectivity index (χ0) is 17.2. The van der Waals surface area contributed by atoms with Crippen molar-refractivity contribution >= 4 is 23.0 Å². The molecule has 0 bridgehead atoms. The highest BCUT2D eigenvalue weighted by molar-refractivity contribution is 7.15. The van der Waals surface area contributed by atoms with E-state index in [0.29, 0.717) is 30.8 Å². The fraction of sp³-hybridized carbons (Fsp3) is 0.353. The minimum Gasteiger partial charge on any atom is -0.385 e. The van der Waals surface area contributed by atoms with Gasteiger partial charge in [0.15, 0.2) is 10.8 Å². The van der Waals surface area contributed by atoms with Gasteiger partial charge in [0.2, 0.25) is 0 Å². The Morgan fingerprint density at radius 1 is 1.25 bits per heavy atom. The second-order valence-electron chi connectivity index (χ2n) is 5.99. The first-order valence-electron chi connectivity index (χ1n) is 7.77. The molecule has 126 valence electrons. The first kappa shape index (κ1) is 16.8. The Balaban J connectivity index is 1.59. The number of likely N-dealkylation sites (tertiary alicyclic amines) is 1. The van der Waals surface area contributed by atoms with Crippen molar-refractivity contribution in [2.24, 2.45) is 5.73 Å². The molecule has 1 aromatic carbocycles. The standard InChI is InChI=1S/C17H19N3O3S/c18-15(22)16-19-10-14(24-16)13(21)11-20-8-6-17(23,7-9-20)12-4-2-1-3-5-12/h1-5,10,23H,6-9,11H2,(H2,18,22). The van der Waals surface area contributed by atoms with Gasteiger partial charge >= 0.3 is 0 Å². The summed E-state index contributed by atoms with van der Waals surface area (Å²) in [5.74, 6) is -0.699. The van der Waals surface area contributed by atoms with Crippen LogP contribution in [0, 0.1) is 0 Å². The number of rotatable bonds is 5. The van der Waals surface area contributed by atoms with Crippen molar-refractivity contribution in [3.63, 3.8) is 0 Å². The molecule has 0 aliphatic carbocycles. The molecule has 0 atom stereocenters. The topological polar surface area (TPSA) is 96.5 Å². The number of primary amides is 1. The summed E-state index contributed by atoms with van der Waals surface area (Å²) < 4.78 is 0. The quantitative estimate of drug-likeness (QED) is 0.799. The Morgan fingerprint density at radius 3 is 2.50 bits per heavy atom. The van der Waals surface area contributed by atoms with Gasteiger partial charge in [0, 0.05) is 19.3 Å². The van der Waals surface area contributed by atoms with Crippen LogP contribution in [0.3, 0.4) is 0 Å². The van der Waals surface area contributed by atoms with E-state index in [4.69, 9.17) is 5.73 Å². The molecule has 1 aliphatic heterocycles. The Hall–Kier alpha value is -2.09. The lowest BCUT2D eigenvalue weighted by atomic mass is 9.84. The summed E-state index contributed by atoms with van der Waals surface area (Å²) in [5.41, 5.74) is 5.25. The van der Waals surface area contributed by atoms with Crippen molar-refractivity contribution in [1.29, 1.82) is 0 Å². The maximum atomic E-state index is 12.3. The van der Waals surface area contributed by atoms with Gasteiger partial charge in [-0.1, -0.05) is 30.3 Å². The van der Waals surface area contributed by atoms with Gasteiger partial charge < -0.3 is 10.8 Å². The van der Waals surface area contributed by atoms with Crippen LogP contribution in [-0.4, -0.2) is 46.3 Å². The molecule has 3 N–H and O–H groups in total. The van der Waals surface area contributed by atoms with Crippen LogP contribution in [0.5, 0.6) is 0 Å². The van der Waals surface area contributed by atoms with Crippen molar-refractivity contribution in [2.75, 3.05) is 19.6 Å². The first-order chi connectivity index (χ1) is 11.5. The van der Waals surface area contributed by atoms with Crippen molar-refractivity contribution < 1.29 is 14.7 Å². The zero-order valence-corrected chi connectivity index (χ0v) is 14.0. The minimum absolute atomic E-state index is 0.0786. The summed E-state index contributed by atoms with van der Waals surface area (Å²) in [6.07, 6.45) is 2.57. The largest absolute Gasteiger partial charge is 0.385 e. The number of Topliss-reactive ketones (excluding diaryl/α,β-unsaturated/α-hetero) is 1. The number of ketones is 1. The fourth-order valence-corrected chi connectivity index (χ4v) is 3.61. The highest BCUT2D eigenvalue weighted by atomic mass is 32.1. The van der Waals surface area contributed by atoms with Crippen LogP contribution in [0.25, 0.3) is 0 Å². The fourth-order valence-electron chi connectivity index (χ4n) is 2.92. The molecule has 0 spiro atoms. The van der Waals surface area contributed by atoms with E-state index in [2.05, 4.69) is 4.98 Å². The van der Waals surface area contributed by atoms with Gasteiger partial charge in [-0.3, -0.25) is 14.5 Å². The molecule has 2 aromatic rings. The van der Waals surface area contributed by atoms with Gasteiger partial charge in [0.25, 0.3) is 5.91 Å². The average molecular weight is 345 g/mol. The first-order valence-corrected chi connectivity index (χ1v) is 8.59. The number of nitrogens with zero attached hydrogens (tertiary/aromatic N) is 2. The minimum atomic E-state index is -0.829. The van der Waals surface area contributed by atoms with Crippen molar-refractivity contribution in [3.05, 3.63) is 52.0 Å². The Morgan fingerprint density at radius 2 is 1.92 bits per heavy atom. The molecule has 1 aliphatic rings. The van der Waals surface area contributed by atoms with E-state index in [1.165, 1.54) is 6.20 Å². The lowest BCUT2D eigenvalue weighted by Gasteiger charge is -2.38. The SMILES string of the molecule is NC(=O)c1ncc(C(=O)CN2CCC(O)(c3ccccc3)CC2)s1. The molecule has 0 saturated carbocycles. The van der Waals surface area contributed by atoms with E-state index in [1.54, 1.807) is 0 Å². The van der Waals surface area contributed by atoms with Crippen molar-refractivity contribution in [3.8, 4) is 0 Å². The summed E-state index contributed by atoms with van der Waals surface area (Å²) in [6, 6.07) is 9.63. The number of benzene rings is 1. The molecular weight excluding hydrogens is 326 g/mol. The molecule has 1 fully saturated rings. The van der Waals surface area contributed by atoms with E-state index in [1.807, 2.05) is 35.2 Å². The van der Waals surface area contributed by atoms with Gasteiger partial charge in [0.05, 0.1) is 17.0 Å². The van der Waals surface area contributed by atoms with Gasteiger partial charge in [-0.25, -0.2) is 4.98 Å². The summed E-state index contributed by atoms with van der Waals surface area (Å²) in [5, 5.41) is 11.0. The third-order valence-corrected chi connectivity index (χ3v) is 5.41. The van der Waals surface area contributed by atoms with Crippen molar-refractivity contribution in [2.45, 2.75) is 18.4 Å². The number of amides is 1. The molecule has 1 amide bonds. The molecule has 0 radical (unpaired) electrons. The van der Waals surface area contributed by atoms with Crippen LogP contribution in [0.1, 0.15) is 37.9 Å². The third kappa shape index (κ3) is 3.53. The average Bonchev–Trinajstić information content (AvgIpc) is 3.08. The normalized spacial score (nSPS) is 17.5. The predicted octanol–water partition coefficient (Wildman–Crippen LogP) is 1.41. The number of carbonyl (C=O) groups is 2. The smallest absolute Gasteiger partial charge is 0.277 e. The van der Waals surface area contributed by atoms with Crippen molar-refractivity contribution in [1.82, 2.24) is 9.88 Å². The van der Waals surface area contributed by atoms with Crippen LogP contribution in [0.2, 0.25) is 0 Å². The Labute approximate surface area is 143 Å². The number of nitrogens with two attached hydrogens (primary N) is 1. The molecule has 7 heteroatoms. The number of piperidine rings is 1. The number of hydrogen-bond donors (Lipinski definition) is 2. The van der Waals surface area contributed by atoms with E-state index in [-0.39, 0.29) is 17.3 Å². The molecule has 2 heterocycles. The van der Waals surface area contributed by atoms with Gasteiger partial charge in [-0.15, -0.1) is 11.3 Å². The van der Waals surface area contributed by atoms with E-state index < -0.39 is 11.5 Å². The van der Waals surface area contributed by atoms with E-state index >= 15 is 0 Å². The van der Waals surface area contributed by atoms with E-state index in [9.17, 15) is 14.7 Å². The number of aliphatic hydroxyl groups is 1. The van der Waals surface area contributed by atoms with Crippen LogP contribution in [-0.2, 0) is 5.60 Å². The molecule has 24 heavy (non-hydrogen) atoms. The monoisotopic (exact) mass is 345 g/mol. The maximum absolute atomic E-state index is 12.3. The lowest BCUT2D eigenvalue weighted by Crippen LogP contribution is -2.44. The molecule has 1 aromatic heterocycles. The van der Waals surface area contributed by atoms with E-state index in [0.717, 1.165) is 16.9 Å². The van der Waals surface area contributed by atoms with Gasteiger partial charge in [-0.05, 0) is 18.4 Å². The summed E-state index contributed by atoms with van der Waals surface area (Å²) in [7, 11) is 0. The zero-order valence-electron chi connectivity index (χ0n) is 13.1. The second-order valence-corrected chi connectivity index (χ2v) is 7.02. The Kier molecular flexibility index (Phi) is 4.75. The molecule has 6 nitrogen and oxygen atoms in total. The highest BCUT2D eigenvalue weighted by Crippen LogP contribution is 2.32. The molecule has 1 saturated heterocycles. The predicted molar refractivity (Wildman–Crippen MR) is 91.0 cm³/mol. The molecule has 3 rings (SSSR count). The number of aromatic nitrogens is 1. The lowest BCUT2D eigenvalue weighted by molar-refractivity contribution is -0.0245. The second kappa shape index (κ2) is 6.80. The maximum Gasteiger partial charge on any atom is 0.277 e. The van der Waals surface area contributed by atoms with Crippen LogP contribution in [0.4, 0.5) is 0 Å². The van der Waals surface area contributed by atoms with Gasteiger partial charge in [-0.2, -0.15) is 0 Å². The highest BCUT2D eigenvalue weighted by Gasteiger charge is 2.34. The molecule has 0 unspecified atom stereocenters. The number of hydrogen-bond acceptors (Lipinski definition) is 6. The Bertz CT molecular complexity index is 737. The molecular formula is C17H19N3O3S. The van der Waals surface area contributed by atoms with Crippen LogP contribution < -0.4 is 5.73 Å². The number of carbonyl (C=O) groups excluding carboxylic acids is 2. The summed E-state index contributed by atoms with van der Waals surface area (Å²) in [4.78, 5) is 29.7. The van der Waals surface area contributed by atoms with Crippen LogP contribution in [0.15, 0.2) is 36.5 Å².